The van der Waals surface area contributed by atoms with Crippen LogP contribution in [0.2, 0.25) is 0 Å². The van der Waals surface area contributed by atoms with Crippen molar-refractivity contribution in [2.24, 2.45) is 23.7 Å². The average Bonchev–Trinajstić information content (AvgIpc) is 3.51. The van der Waals surface area contributed by atoms with Crippen LogP contribution in [0.3, 0.4) is 0 Å². The van der Waals surface area contributed by atoms with Crippen molar-refractivity contribution >= 4 is 29.1 Å². The highest BCUT2D eigenvalue weighted by atomic mass is 16.6. The fraction of sp³-hybridized carbons (Fsp3) is 0.348. The Morgan fingerprint density at radius 2 is 1.59 bits per heavy atom. The summed E-state index contributed by atoms with van der Waals surface area (Å²) in [5, 5.41) is 24.5. The number of hydrogen-bond acceptors (Lipinski definition) is 7. The highest BCUT2D eigenvalue weighted by Crippen LogP contribution is 2.56. The van der Waals surface area contributed by atoms with Gasteiger partial charge in [-0.1, -0.05) is 24.3 Å². The van der Waals surface area contributed by atoms with Crippen LogP contribution in [0.15, 0.2) is 48.5 Å². The fourth-order valence-electron chi connectivity index (χ4n) is 5.75. The molecule has 0 aromatic heterocycles. The largest absolute Gasteiger partial charge is 0.274 e. The summed E-state index contributed by atoms with van der Waals surface area (Å²) in [5.41, 5.74) is -0.565. The summed E-state index contributed by atoms with van der Waals surface area (Å²) in [6.07, 6.45) is 2.51. The van der Waals surface area contributed by atoms with E-state index in [1.807, 2.05) is 0 Å². The van der Waals surface area contributed by atoms with Gasteiger partial charge in [-0.2, -0.15) is 5.01 Å². The van der Waals surface area contributed by atoms with Gasteiger partial charge in [0.05, 0.1) is 33.8 Å². The Balaban J connectivity index is 1.57. The normalized spacial score (nSPS) is 24.9. The van der Waals surface area contributed by atoms with Gasteiger partial charge in [0.1, 0.15) is 0 Å². The lowest BCUT2D eigenvalue weighted by atomic mass is 9.81. The molecule has 0 spiro atoms. The van der Waals surface area contributed by atoms with Crippen molar-refractivity contribution in [3.05, 3.63) is 79.9 Å². The van der Waals surface area contributed by atoms with Crippen LogP contribution in [0, 0.1) is 43.9 Å². The third-order valence-electron chi connectivity index (χ3n) is 7.19. The first kappa shape index (κ1) is 21.7. The second kappa shape index (κ2) is 8.01. The van der Waals surface area contributed by atoms with Gasteiger partial charge in [-0.25, -0.2) is 5.01 Å². The lowest BCUT2D eigenvalue weighted by molar-refractivity contribution is -0.385. The monoisotopic (exact) mass is 464 g/mol. The number of benzene rings is 2. The number of non-ortho nitro benzene ring substituents is 1. The average molecular weight is 464 g/mol. The maximum absolute atomic E-state index is 13.6. The minimum Gasteiger partial charge on any atom is -0.272 e. The molecular weight excluding hydrogens is 444 g/mol. The Morgan fingerprint density at radius 3 is 2.21 bits per heavy atom. The first-order valence-corrected chi connectivity index (χ1v) is 10.9. The van der Waals surface area contributed by atoms with E-state index in [0.717, 1.165) is 35.3 Å². The number of nitro benzene ring substituents is 2. The molecule has 0 N–H and O–H groups in total. The number of carbonyl (C=O) groups excluding carboxylic acids is 3. The Kier molecular flexibility index (Phi) is 5.11. The van der Waals surface area contributed by atoms with E-state index in [-0.39, 0.29) is 34.3 Å². The van der Waals surface area contributed by atoms with Crippen LogP contribution in [0.1, 0.15) is 35.2 Å². The number of nitro groups is 2. The molecule has 0 radical (unpaired) electrons. The van der Waals surface area contributed by atoms with Crippen LogP contribution in [-0.2, 0) is 16.1 Å². The molecule has 0 unspecified atom stereocenters. The van der Waals surface area contributed by atoms with Gasteiger partial charge in [0.2, 0.25) is 0 Å². The molecular formula is C23H20N4O7. The van der Waals surface area contributed by atoms with Crippen molar-refractivity contribution in [2.45, 2.75) is 25.8 Å². The third-order valence-corrected chi connectivity index (χ3v) is 7.19. The minimum atomic E-state index is -0.823. The van der Waals surface area contributed by atoms with Gasteiger partial charge in [0, 0.05) is 23.8 Å². The molecule has 1 saturated heterocycles. The van der Waals surface area contributed by atoms with Gasteiger partial charge in [-0.05, 0) is 37.2 Å². The highest BCUT2D eigenvalue weighted by molar-refractivity contribution is 6.08. The maximum Gasteiger partial charge on any atom is 0.274 e. The van der Waals surface area contributed by atoms with Gasteiger partial charge in [0.25, 0.3) is 29.1 Å². The van der Waals surface area contributed by atoms with Gasteiger partial charge < -0.3 is 0 Å². The summed E-state index contributed by atoms with van der Waals surface area (Å²) in [6.45, 7) is -0.412. The summed E-state index contributed by atoms with van der Waals surface area (Å²) < 4.78 is 0. The van der Waals surface area contributed by atoms with E-state index in [2.05, 4.69) is 0 Å². The molecule has 3 amide bonds. The maximum atomic E-state index is 13.6. The molecule has 1 aliphatic heterocycles. The Hall–Kier alpha value is -4.15. The summed E-state index contributed by atoms with van der Waals surface area (Å²) in [5.74, 6) is -2.64. The summed E-state index contributed by atoms with van der Waals surface area (Å²) in [6, 6.07) is 10.7. The van der Waals surface area contributed by atoms with E-state index in [9.17, 15) is 34.6 Å². The molecule has 2 aliphatic carbocycles. The number of carbonyl (C=O) groups is 3. The van der Waals surface area contributed by atoms with Gasteiger partial charge in [-0.15, -0.1) is 0 Å². The molecule has 2 aromatic rings. The number of rotatable bonds is 6. The van der Waals surface area contributed by atoms with Crippen LogP contribution in [0.5, 0.6) is 0 Å². The molecule has 4 atom stereocenters. The Bertz CT molecular complexity index is 1220. The topological polar surface area (TPSA) is 144 Å². The Morgan fingerprint density at radius 1 is 0.941 bits per heavy atom. The number of para-hydroxylation sites is 1. The zero-order valence-electron chi connectivity index (χ0n) is 17.9. The van der Waals surface area contributed by atoms with E-state index >= 15 is 0 Å². The Labute approximate surface area is 193 Å². The molecule has 5 rings (SSSR count). The SMILES string of the molecule is O=C(c1cccc([N+](=O)[O-])c1)N(Cc1ccccc1[N+](=O)[O-])N1C(=O)[C@H]2[C@H]3CC[C@@H](C3)[C@@H]2C1=O. The van der Waals surface area contributed by atoms with Gasteiger partial charge in [-0.3, -0.25) is 34.6 Å². The first-order valence-electron chi connectivity index (χ1n) is 10.9. The van der Waals surface area contributed by atoms with Crippen molar-refractivity contribution in [2.75, 3.05) is 0 Å². The molecule has 11 heteroatoms. The summed E-state index contributed by atoms with van der Waals surface area (Å²) >= 11 is 0. The van der Waals surface area contributed by atoms with Gasteiger partial charge in [0.15, 0.2) is 0 Å². The molecule has 174 valence electrons. The zero-order chi connectivity index (χ0) is 24.1. The molecule has 11 nitrogen and oxygen atoms in total. The number of nitrogens with zero attached hydrogens (tertiary/aromatic N) is 4. The minimum absolute atomic E-state index is 0.0808. The smallest absolute Gasteiger partial charge is 0.272 e. The molecule has 2 saturated carbocycles. The first-order chi connectivity index (χ1) is 16.3. The zero-order valence-corrected chi connectivity index (χ0v) is 17.9. The number of imide groups is 1. The second-order valence-corrected chi connectivity index (χ2v) is 8.93. The summed E-state index contributed by atoms with van der Waals surface area (Å²) in [4.78, 5) is 61.9. The molecule has 3 fully saturated rings. The van der Waals surface area contributed by atoms with Crippen molar-refractivity contribution in [1.29, 1.82) is 0 Å². The van der Waals surface area contributed by atoms with Crippen molar-refractivity contribution in [1.82, 2.24) is 10.0 Å². The quantitative estimate of drug-likeness (QED) is 0.363. The van der Waals surface area contributed by atoms with E-state index in [0.29, 0.717) is 0 Å². The van der Waals surface area contributed by atoms with E-state index in [1.54, 1.807) is 6.07 Å². The van der Waals surface area contributed by atoms with Gasteiger partial charge >= 0.3 is 0 Å². The fourth-order valence-corrected chi connectivity index (χ4v) is 5.75. The van der Waals surface area contributed by atoms with Crippen LogP contribution in [-0.4, -0.2) is 37.6 Å². The second-order valence-electron chi connectivity index (χ2n) is 8.93. The predicted octanol–water partition coefficient (Wildman–Crippen LogP) is 3.09. The lowest BCUT2D eigenvalue weighted by Crippen LogP contribution is -2.50. The highest BCUT2D eigenvalue weighted by Gasteiger charge is 2.62. The van der Waals surface area contributed by atoms with Crippen LogP contribution in [0.4, 0.5) is 11.4 Å². The summed E-state index contributed by atoms with van der Waals surface area (Å²) in [7, 11) is 0. The van der Waals surface area contributed by atoms with Crippen LogP contribution >= 0.6 is 0 Å². The molecule has 3 aliphatic rings. The van der Waals surface area contributed by atoms with Crippen molar-refractivity contribution in [3.63, 3.8) is 0 Å². The molecule has 2 bridgehead atoms. The number of amides is 3. The van der Waals surface area contributed by atoms with E-state index in [1.165, 1.54) is 36.4 Å². The number of fused-ring (bicyclic) bond motifs is 5. The lowest BCUT2D eigenvalue weighted by Gasteiger charge is -2.31. The predicted molar refractivity (Wildman–Crippen MR) is 116 cm³/mol. The van der Waals surface area contributed by atoms with E-state index < -0.39 is 45.9 Å². The van der Waals surface area contributed by atoms with Crippen LogP contribution in [0.25, 0.3) is 0 Å². The van der Waals surface area contributed by atoms with Crippen molar-refractivity contribution < 1.29 is 24.2 Å². The molecule has 1 heterocycles. The van der Waals surface area contributed by atoms with Crippen LogP contribution < -0.4 is 0 Å². The molecule has 2 aromatic carbocycles. The number of hydrogen-bond donors (Lipinski definition) is 0. The van der Waals surface area contributed by atoms with Crippen molar-refractivity contribution in [3.8, 4) is 0 Å². The van der Waals surface area contributed by atoms with E-state index in [4.69, 9.17) is 0 Å². The third kappa shape index (κ3) is 3.31. The standard InChI is InChI=1S/C23H20N4O7/c28-21(15-5-3-6-17(11-15)26(31)32)24(12-16-4-1-2-7-18(16)27(33)34)25-22(29)19-13-8-9-14(10-13)20(19)23(25)30/h1-7,11,13-14,19-20H,8-10,12H2/t13-,14-,19-,20-/m0/s1. The number of hydrazine groups is 1. The molecule has 34 heavy (non-hydrogen) atoms.